The molecule has 1 nitrogen and oxygen atoms in total. The second kappa shape index (κ2) is 5.34. The quantitative estimate of drug-likeness (QED) is 0.666. The smallest absolute Gasteiger partial charge is 0.00953 e. The van der Waals surface area contributed by atoms with Crippen molar-refractivity contribution in [2.75, 3.05) is 13.1 Å². The average Bonchev–Trinajstić information content (AvgIpc) is 1.94. The Morgan fingerprint density at radius 3 is 2.13 bits per heavy atom. The highest BCUT2D eigenvalue weighted by molar-refractivity contribution is 4.81. The zero-order chi connectivity index (χ0) is 11.5. The maximum atomic E-state index is 2.74. The SMILES string of the molecule is CC(C)CN(CCC(C)(C)C)C1CCC1. The number of hydrogen-bond donors (Lipinski definition) is 0. The molecule has 0 saturated heterocycles. The highest BCUT2D eigenvalue weighted by Crippen LogP contribution is 2.27. The Balaban J connectivity index is 2.35. The molecule has 0 aromatic rings. The minimum Gasteiger partial charge on any atom is -0.300 e. The summed E-state index contributed by atoms with van der Waals surface area (Å²) >= 11 is 0. The lowest BCUT2D eigenvalue weighted by Gasteiger charge is -2.39. The first-order valence-electron chi connectivity index (χ1n) is 6.62. The number of hydrogen-bond acceptors (Lipinski definition) is 1. The van der Waals surface area contributed by atoms with Gasteiger partial charge in [0.25, 0.3) is 0 Å². The summed E-state index contributed by atoms with van der Waals surface area (Å²) in [6.07, 6.45) is 5.67. The lowest BCUT2D eigenvalue weighted by atomic mass is 9.88. The molecule has 1 heteroatoms. The maximum absolute atomic E-state index is 2.74. The summed E-state index contributed by atoms with van der Waals surface area (Å²) in [5.74, 6) is 0.811. The molecule has 0 aliphatic heterocycles. The van der Waals surface area contributed by atoms with Crippen LogP contribution in [0.4, 0.5) is 0 Å². The van der Waals surface area contributed by atoms with Gasteiger partial charge >= 0.3 is 0 Å². The van der Waals surface area contributed by atoms with Crippen molar-refractivity contribution in [2.45, 2.75) is 66.3 Å². The van der Waals surface area contributed by atoms with Gasteiger partial charge in [0.15, 0.2) is 0 Å². The topological polar surface area (TPSA) is 3.24 Å². The molecule has 0 heterocycles. The van der Waals surface area contributed by atoms with Crippen molar-refractivity contribution in [3.8, 4) is 0 Å². The van der Waals surface area contributed by atoms with E-state index in [4.69, 9.17) is 0 Å². The summed E-state index contributed by atoms with van der Waals surface area (Å²) in [5, 5.41) is 0. The van der Waals surface area contributed by atoms with Gasteiger partial charge in [-0.3, -0.25) is 0 Å². The van der Waals surface area contributed by atoms with E-state index in [-0.39, 0.29) is 0 Å². The predicted molar refractivity (Wildman–Crippen MR) is 68.1 cm³/mol. The average molecular weight is 211 g/mol. The van der Waals surface area contributed by atoms with Gasteiger partial charge in [0.2, 0.25) is 0 Å². The Hall–Kier alpha value is -0.0400. The van der Waals surface area contributed by atoms with Gasteiger partial charge in [0, 0.05) is 12.6 Å². The third kappa shape index (κ3) is 5.01. The van der Waals surface area contributed by atoms with Crippen molar-refractivity contribution in [3.63, 3.8) is 0 Å². The van der Waals surface area contributed by atoms with E-state index in [0.717, 1.165) is 12.0 Å². The summed E-state index contributed by atoms with van der Waals surface area (Å²) in [6.45, 7) is 14.3. The van der Waals surface area contributed by atoms with Crippen LogP contribution in [0.5, 0.6) is 0 Å². The van der Waals surface area contributed by atoms with E-state index in [2.05, 4.69) is 39.5 Å². The van der Waals surface area contributed by atoms with Gasteiger partial charge in [-0.05, 0) is 37.1 Å². The van der Waals surface area contributed by atoms with Gasteiger partial charge in [0.1, 0.15) is 0 Å². The van der Waals surface area contributed by atoms with Crippen LogP contribution in [-0.4, -0.2) is 24.0 Å². The van der Waals surface area contributed by atoms with E-state index < -0.39 is 0 Å². The normalized spacial score (nSPS) is 18.6. The monoisotopic (exact) mass is 211 g/mol. The summed E-state index contributed by atoms with van der Waals surface area (Å²) in [4.78, 5) is 2.74. The molecule has 0 aromatic carbocycles. The highest BCUT2D eigenvalue weighted by Gasteiger charge is 2.26. The molecule has 90 valence electrons. The van der Waals surface area contributed by atoms with Gasteiger partial charge in [0.05, 0.1) is 0 Å². The van der Waals surface area contributed by atoms with E-state index in [1.54, 1.807) is 0 Å². The van der Waals surface area contributed by atoms with Gasteiger partial charge in [-0.2, -0.15) is 0 Å². The lowest BCUT2D eigenvalue weighted by molar-refractivity contribution is 0.0992. The van der Waals surface area contributed by atoms with Crippen LogP contribution in [0.15, 0.2) is 0 Å². The number of nitrogens with zero attached hydrogens (tertiary/aromatic N) is 1. The Morgan fingerprint density at radius 2 is 1.80 bits per heavy atom. The summed E-state index contributed by atoms with van der Waals surface area (Å²) in [6, 6.07) is 0.912. The van der Waals surface area contributed by atoms with E-state index in [9.17, 15) is 0 Å². The first kappa shape index (κ1) is 13.0. The van der Waals surface area contributed by atoms with Crippen molar-refractivity contribution in [1.82, 2.24) is 4.90 Å². The Labute approximate surface area is 96.2 Å². The zero-order valence-corrected chi connectivity index (χ0v) is 11.3. The molecule has 0 bridgehead atoms. The largest absolute Gasteiger partial charge is 0.300 e. The van der Waals surface area contributed by atoms with Crippen LogP contribution in [0.25, 0.3) is 0 Å². The van der Waals surface area contributed by atoms with E-state index in [1.807, 2.05) is 0 Å². The Kier molecular flexibility index (Phi) is 4.64. The summed E-state index contributed by atoms with van der Waals surface area (Å²) in [7, 11) is 0. The third-order valence-corrected chi connectivity index (χ3v) is 3.34. The second-order valence-electron chi connectivity index (χ2n) is 6.78. The maximum Gasteiger partial charge on any atom is 0.00953 e. The molecular weight excluding hydrogens is 182 g/mol. The van der Waals surface area contributed by atoms with E-state index in [1.165, 1.54) is 38.8 Å². The number of rotatable bonds is 5. The van der Waals surface area contributed by atoms with Crippen molar-refractivity contribution in [2.24, 2.45) is 11.3 Å². The molecule has 15 heavy (non-hydrogen) atoms. The van der Waals surface area contributed by atoms with Crippen LogP contribution >= 0.6 is 0 Å². The second-order valence-corrected chi connectivity index (χ2v) is 6.78. The molecule has 1 fully saturated rings. The zero-order valence-electron chi connectivity index (χ0n) is 11.3. The van der Waals surface area contributed by atoms with Gasteiger partial charge in [-0.1, -0.05) is 41.0 Å². The summed E-state index contributed by atoms with van der Waals surface area (Å²) < 4.78 is 0. The standard InChI is InChI=1S/C14H29N/c1-12(2)11-15(13-7-6-8-13)10-9-14(3,4)5/h12-13H,6-11H2,1-5H3. The Morgan fingerprint density at radius 1 is 1.20 bits per heavy atom. The molecule has 0 amide bonds. The van der Waals surface area contributed by atoms with Crippen molar-refractivity contribution in [3.05, 3.63) is 0 Å². The van der Waals surface area contributed by atoms with E-state index in [0.29, 0.717) is 5.41 Å². The third-order valence-electron chi connectivity index (χ3n) is 3.34. The molecule has 1 aliphatic carbocycles. The van der Waals surface area contributed by atoms with Crippen LogP contribution in [0, 0.1) is 11.3 Å². The Bertz CT molecular complexity index is 174. The van der Waals surface area contributed by atoms with Gasteiger partial charge in [-0.25, -0.2) is 0 Å². The fourth-order valence-corrected chi connectivity index (χ4v) is 2.12. The molecule has 0 aromatic heterocycles. The minimum absolute atomic E-state index is 0.485. The van der Waals surface area contributed by atoms with Gasteiger partial charge < -0.3 is 4.90 Å². The van der Waals surface area contributed by atoms with Crippen molar-refractivity contribution in [1.29, 1.82) is 0 Å². The predicted octanol–water partition coefficient (Wildman–Crippen LogP) is 3.93. The van der Waals surface area contributed by atoms with Crippen LogP contribution in [0.1, 0.15) is 60.3 Å². The molecular formula is C14H29N. The minimum atomic E-state index is 0.485. The molecule has 0 atom stereocenters. The fourth-order valence-electron chi connectivity index (χ4n) is 2.12. The van der Waals surface area contributed by atoms with Crippen molar-refractivity contribution >= 4 is 0 Å². The van der Waals surface area contributed by atoms with Gasteiger partial charge in [-0.15, -0.1) is 0 Å². The molecule has 0 radical (unpaired) electrons. The van der Waals surface area contributed by atoms with E-state index >= 15 is 0 Å². The van der Waals surface area contributed by atoms with Crippen LogP contribution in [0.3, 0.4) is 0 Å². The highest BCUT2D eigenvalue weighted by atomic mass is 15.2. The molecule has 0 unspecified atom stereocenters. The van der Waals surface area contributed by atoms with Crippen LogP contribution < -0.4 is 0 Å². The fraction of sp³-hybridized carbons (Fsp3) is 1.00. The van der Waals surface area contributed by atoms with Crippen LogP contribution in [0.2, 0.25) is 0 Å². The summed E-state index contributed by atoms with van der Waals surface area (Å²) in [5.41, 5.74) is 0.485. The first-order chi connectivity index (χ1) is 6.88. The van der Waals surface area contributed by atoms with Crippen LogP contribution in [-0.2, 0) is 0 Å². The molecule has 1 saturated carbocycles. The molecule has 0 spiro atoms. The first-order valence-corrected chi connectivity index (χ1v) is 6.62. The lowest BCUT2D eigenvalue weighted by Crippen LogP contribution is -2.43. The molecule has 1 rings (SSSR count). The molecule has 0 N–H and O–H groups in total. The van der Waals surface area contributed by atoms with Crippen molar-refractivity contribution < 1.29 is 0 Å². The molecule has 1 aliphatic rings.